The Kier molecular flexibility index (Phi) is 23.2. The fourth-order valence-electron chi connectivity index (χ4n) is 10.9. The van der Waals surface area contributed by atoms with E-state index in [0.717, 1.165) is 38.9 Å². The fourth-order valence-corrected chi connectivity index (χ4v) is 10.9. The summed E-state index contributed by atoms with van der Waals surface area (Å²) in [7, 11) is 1.60. The molecule has 84 heavy (non-hydrogen) atoms. The van der Waals surface area contributed by atoms with Crippen molar-refractivity contribution < 1.29 is 66.7 Å². The van der Waals surface area contributed by atoms with Gasteiger partial charge in [0.15, 0.2) is 18.9 Å². The molecule has 10 rings (SSSR count). The van der Waals surface area contributed by atoms with Crippen LogP contribution in [0.3, 0.4) is 0 Å². The molecule has 3 saturated heterocycles. The van der Waals surface area contributed by atoms with Gasteiger partial charge in [-0.2, -0.15) is 0 Å². The Morgan fingerprint density at radius 2 is 0.560 bits per heavy atom. The third-order valence-corrected chi connectivity index (χ3v) is 15.9. The Morgan fingerprint density at radius 3 is 0.881 bits per heavy atom. The minimum atomic E-state index is -1.19. The predicted octanol–water partition coefficient (Wildman–Crippen LogP) is 11.2. The largest absolute Gasteiger partial charge is 0.390 e. The Hall–Kier alpha value is -6.02. The molecule has 7 aromatic carbocycles. The first-order valence-electron chi connectivity index (χ1n) is 29.3. The lowest BCUT2D eigenvalue weighted by atomic mass is 9.87. The van der Waals surface area contributed by atoms with Gasteiger partial charge in [0.1, 0.15) is 54.9 Å². The third kappa shape index (κ3) is 17.1. The number of rotatable bonds is 26. The van der Waals surface area contributed by atoms with Crippen LogP contribution in [0.25, 0.3) is 0 Å². The first kappa shape index (κ1) is 61.1. The summed E-state index contributed by atoms with van der Waals surface area (Å²) in [5.41, 5.74) is 6.63. The van der Waals surface area contributed by atoms with Crippen molar-refractivity contribution in [3.05, 3.63) is 251 Å². The summed E-state index contributed by atoms with van der Waals surface area (Å²) in [6, 6.07) is 69.9. The standard InChI is InChI=1S/C70H80O14/c1-49-50(2)61(73-39-51-25-11-4-12-26-51)69(80-46-58(49)71)83-60-48-82-70(67(79-45-57-37-23-10-24-38-57)65(77-43-55-33-19-8-20-34-55)63(60)75-41-53-29-15-6-16-30-53)84-59-47-81-68(72-3)66(78-44-56-35-21-9-22-36-56)64(76-42-54-31-17-7-18-32-54)62(59)74-40-52-27-13-5-14-28-52/h4-38,49-50,58-71H,39-48H2,1-3H3/t49-,50-,58+,59?,60+,61-,62+,63+,64-,65-,66-,67-,68-,69+,70+/m0/s1. The second kappa shape index (κ2) is 31.9. The molecule has 1 N–H and O–H groups in total. The second-order valence-electron chi connectivity index (χ2n) is 21.8. The van der Waals surface area contributed by atoms with Crippen LogP contribution in [0.15, 0.2) is 212 Å². The van der Waals surface area contributed by atoms with E-state index in [-0.39, 0.29) is 71.3 Å². The van der Waals surface area contributed by atoms with Crippen molar-refractivity contribution in [2.24, 2.45) is 11.8 Å². The molecule has 1 unspecified atom stereocenters. The van der Waals surface area contributed by atoms with Gasteiger partial charge < -0.3 is 66.7 Å². The Labute approximate surface area is 494 Å². The highest BCUT2D eigenvalue weighted by Crippen LogP contribution is 2.37. The summed E-state index contributed by atoms with van der Waals surface area (Å²) in [4.78, 5) is 0. The number of benzene rings is 7. The van der Waals surface area contributed by atoms with Crippen LogP contribution in [-0.2, 0) is 108 Å². The first-order valence-corrected chi connectivity index (χ1v) is 29.3. The average molecular weight is 1150 g/mol. The lowest BCUT2D eigenvalue weighted by molar-refractivity contribution is -0.277. The van der Waals surface area contributed by atoms with E-state index in [2.05, 4.69) is 6.92 Å². The maximum atomic E-state index is 11.5. The van der Waals surface area contributed by atoms with Gasteiger partial charge in [-0.25, -0.2) is 0 Å². The van der Waals surface area contributed by atoms with E-state index in [1.54, 1.807) is 7.11 Å². The fraction of sp³-hybridized carbons (Fsp3) is 0.400. The molecule has 14 heteroatoms. The van der Waals surface area contributed by atoms with Gasteiger partial charge >= 0.3 is 0 Å². The monoisotopic (exact) mass is 1140 g/mol. The van der Waals surface area contributed by atoms with Crippen LogP contribution >= 0.6 is 0 Å². The van der Waals surface area contributed by atoms with E-state index in [1.165, 1.54) is 0 Å². The van der Waals surface area contributed by atoms with E-state index < -0.39 is 79.9 Å². The van der Waals surface area contributed by atoms with Gasteiger partial charge in [0, 0.05) is 7.11 Å². The van der Waals surface area contributed by atoms with Crippen molar-refractivity contribution in [3.8, 4) is 0 Å². The average Bonchev–Trinajstić information content (AvgIpc) is 4.09. The van der Waals surface area contributed by atoms with E-state index in [1.807, 2.05) is 219 Å². The van der Waals surface area contributed by atoms with Gasteiger partial charge in [-0.3, -0.25) is 0 Å². The summed E-state index contributed by atoms with van der Waals surface area (Å²) >= 11 is 0. The van der Waals surface area contributed by atoms with Crippen molar-refractivity contribution in [2.45, 2.75) is 140 Å². The highest BCUT2D eigenvalue weighted by atomic mass is 16.8. The zero-order valence-electron chi connectivity index (χ0n) is 48.2. The van der Waals surface area contributed by atoms with Crippen molar-refractivity contribution >= 4 is 0 Å². The highest BCUT2D eigenvalue weighted by molar-refractivity contribution is 5.19. The lowest BCUT2D eigenvalue weighted by Crippen LogP contribution is -2.55. The van der Waals surface area contributed by atoms with Gasteiger partial charge in [0.25, 0.3) is 0 Å². The van der Waals surface area contributed by atoms with Crippen LogP contribution in [0, 0.1) is 11.8 Å². The molecular formula is C70H80O14. The molecule has 0 amide bonds. The minimum Gasteiger partial charge on any atom is -0.390 e. The predicted molar refractivity (Wildman–Crippen MR) is 315 cm³/mol. The number of aliphatic hydroxyl groups is 1. The number of aliphatic hydroxyl groups excluding tert-OH is 1. The zero-order valence-corrected chi connectivity index (χ0v) is 48.2. The lowest BCUT2D eigenvalue weighted by Gasteiger charge is -2.39. The number of hydrogen-bond acceptors (Lipinski definition) is 14. The highest BCUT2D eigenvalue weighted by Gasteiger charge is 2.52. The van der Waals surface area contributed by atoms with Gasteiger partial charge in [0.05, 0.1) is 72.2 Å². The van der Waals surface area contributed by atoms with E-state index in [4.69, 9.17) is 61.6 Å². The SMILES string of the molecule is CO[C@H]1OCC(O[C@H]2OC[C@@H](O[C@H]3OC[C@@H](O)[C@@H](C)[C@H](C)[C@@H]3OCc3ccccc3)[C@@H](OCc3ccccc3)[C@H](OCc3ccccc3)[C@@H]2OCc2ccccc2)[C@@H](OCc2ccccc2)[C@H](OCc2ccccc2)[C@@H]1OCc1ccccc1. The van der Waals surface area contributed by atoms with Crippen molar-refractivity contribution in [1.29, 1.82) is 0 Å². The molecule has 0 aromatic heterocycles. The zero-order chi connectivity index (χ0) is 57.7. The van der Waals surface area contributed by atoms with Gasteiger partial charge in [-0.1, -0.05) is 226 Å². The summed E-state index contributed by atoms with van der Waals surface area (Å²) in [5, 5.41) is 11.5. The maximum Gasteiger partial charge on any atom is 0.187 e. The molecule has 15 atom stereocenters. The molecule has 0 radical (unpaired) electrons. The van der Waals surface area contributed by atoms with E-state index in [9.17, 15) is 5.11 Å². The Balaban J connectivity index is 1.06. The molecule has 444 valence electrons. The quantitative estimate of drug-likeness (QED) is 0.0550. The molecule has 3 heterocycles. The summed E-state index contributed by atoms with van der Waals surface area (Å²) < 4.78 is 91.2. The first-order chi connectivity index (χ1) is 41.4. The van der Waals surface area contributed by atoms with Crippen LogP contribution < -0.4 is 0 Å². The summed E-state index contributed by atoms with van der Waals surface area (Å²) in [6.07, 6.45) is -11.7. The normalized spacial score (nSPS) is 28.4. The molecule has 14 nitrogen and oxygen atoms in total. The number of ether oxygens (including phenoxy) is 13. The van der Waals surface area contributed by atoms with Gasteiger partial charge in [-0.15, -0.1) is 0 Å². The van der Waals surface area contributed by atoms with Crippen LogP contribution in [0.5, 0.6) is 0 Å². The summed E-state index contributed by atoms with van der Waals surface area (Å²) in [5.74, 6) is -0.392. The molecule has 0 aliphatic carbocycles. The van der Waals surface area contributed by atoms with Crippen LogP contribution in [0.1, 0.15) is 52.8 Å². The van der Waals surface area contributed by atoms with Crippen molar-refractivity contribution in [1.82, 2.24) is 0 Å². The minimum absolute atomic E-state index is 0.0189. The van der Waals surface area contributed by atoms with Crippen molar-refractivity contribution in [3.63, 3.8) is 0 Å². The van der Waals surface area contributed by atoms with Gasteiger partial charge in [0.2, 0.25) is 0 Å². The van der Waals surface area contributed by atoms with E-state index in [0.29, 0.717) is 6.61 Å². The number of methoxy groups -OCH3 is 1. The molecular weight excluding hydrogens is 1060 g/mol. The molecule has 7 aromatic rings. The van der Waals surface area contributed by atoms with Gasteiger partial charge in [-0.05, 0) is 50.8 Å². The Bertz CT molecular complexity index is 2900. The number of hydrogen-bond donors (Lipinski definition) is 1. The van der Waals surface area contributed by atoms with Crippen LogP contribution in [0.4, 0.5) is 0 Å². The molecule has 3 fully saturated rings. The topological polar surface area (TPSA) is 140 Å². The molecule has 3 aliphatic heterocycles. The second-order valence-corrected chi connectivity index (χ2v) is 21.8. The van der Waals surface area contributed by atoms with Crippen LogP contribution in [0.2, 0.25) is 0 Å². The summed E-state index contributed by atoms with van der Waals surface area (Å²) in [6.45, 7) is 5.46. The van der Waals surface area contributed by atoms with Crippen molar-refractivity contribution in [2.75, 3.05) is 26.9 Å². The molecule has 0 spiro atoms. The molecule has 0 saturated carbocycles. The smallest absolute Gasteiger partial charge is 0.187 e. The Morgan fingerprint density at radius 1 is 0.310 bits per heavy atom. The molecule has 3 aliphatic rings. The third-order valence-electron chi connectivity index (χ3n) is 15.9. The van der Waals surface area contributed by atoms with Crippen LogP contribution in [-0.4, -0.2) is 112 Å². The molecule has 0 bridgehead atoms. The van der Waals surface area contributed by atoms with E-state index >= 15 is 0 Å². The maximum absolute atomic E-state index is 11.5.